The molecule has 1 unspecified atom stereocenters. The Balaban J connectivity index is 2.33. The molecule has 7 heteroatoms. The van der Waals surface area contributed by atoms with Crippen LogP contribution in [0, 0.1) is 5.92 Å². The Morgan fingerprint density at radius 3 is 2.38 bits per heavy atom. The predicted molar refractivity (Wildman–Crippen MR) is 54.8 cm³/mol. The molecule has 3 amide bonds. The third kappa shape index (κ3) is 2.62. The Kier molecular flexibility index (Phi) is 3.70. The summed E-state index contributed by atoms with van der Waals surface area (Å²) < 4.78 is 0. The number of carboxylic acid groups (broad SMARTS) is 1. The Morgan fingerprint density at radius 1 is 1.38 bits per heavy atom. The van der Waals surface area contributed by atoms with E-state index in [1.165, 1.54) is 11.9 Å². The molecule has 0 saturated carbocycles. The average molecular weight is 229 g/mol. The lowest BCUT2D eigenvalue weighted by molar-refractivity contribution is -0.146. The summed E-state index contributed by atoms with van der Waals surface area (Å²) in [5.41, 5.74) is 0. The number of urea groups is 1. The minimum atomic E-state index is -0.900. The number of rotatable bonds is 3. The molecule has 1 rings (SSSR count). The molecule has 1 aliphatic heterocycles. The predicted octanol–water partition coefficient (Wildman–Crippen LogP) is -1.15. The molecule has 0 aromatic carbocycles. The number of hydrogen-bond donors (Lipinski definition) is 3. The third-order valence-corrected chi connectivity index (χ3v) is 2.50. The Morgan fingerprint density at radius 2 is 1.94 bits per heavy atom. The van der Waals surface area contributed by atoms with Gasteiger partial charge >= 0.3 is 12.0 Å². The largest absolute Gasteiger partial charge is 0.481 e. The topological polar surface area (TPSA) is 98.7 Å². The van der Waals surface area contributed by atoms with Crippen LogP contribution in [0.4, 0.5) is 4.79 Å². The van der Waals surface area contributed by atoms with Gasteiger partial charge in [-0.05, 0) is 6.92 Å². The van der Waals surface area contributed by atoms with E-state index in [4.69, 9.17) is 5.11 Å². The van der Waals surface area contributed by atoms with Crippen LogP contribution in [0.25, 0.3) is 0 Å². The quantitative estimate of drug-likeness (QED) is 0.569. The Bertz CT molecular complexity index is 312. The maximum Gasteiger partial charge on any atom is 0.318 e. The fourth-order valence-corrected chi connectivity index (χ4v) is 1.36. The molecule has 3 N–H and O–H groups in total. The number of nitrogens with zero attached hydrogens (tertiary/aromatic N) is 1. The molecular weight excluding hydrogens is 214 g/mol. The maximum absolute atomic E-state index is 11.5. The summed E-state index contributed by atoms with van der Waals surface area (Å²) in [6.07, 6.45) is 0. The van der Waals surface area contributed by atoms with Crippen molar-refractivity contribution in [3.63, 3.8) is 0 Å². The lowest BCUT2D eigenvalue weighted by Crippen LogP contribution is -2.58. The summed E-state index contributed by atoms with van der Waals surface area (Å²) in [5, 5.41) is 13.5. The van der Waals surface area contributed by atoms with Gasteiger partial charge in [0.05, 0.1) is 5.92 Å². The monoisotopic (exact) mass is 229 g/mol. The van der Waals surface area contributed by atoms with Gasteiger partial charge in [0.1, 0.15) is 6.04 Å². The molecule has 90 valence electrons. The van der Waals surface area contributed by atoms with Crippen LogP contribution in [0.5, 0.6) is 0 Å². The van der Waals surface area contributed by atoms with E-state index in [1.807, 2.05) is 0 Å². The highest BCUT2D eigenvalue weighted by atomic mass is 16.4. The zero-order chi connectivity index (χ0) is 12.3. The van der Waals surface area contributed by atoms with Gasteiger partial charge in [-0.2, -0.15) is 0 Å². The smallest absolute Gasteiger partial charge is 0.318 e. The molecule has 7 nitrogen and oxygen atoms in total. The van der Waals surface area contributed by atoms with Crippen molar-refractivity contribution < 1.29 is 19.5 Å². The number of likely N-dealkylation sites (tertiary alicyclic amines) is 1. The molecule has 0 spiro atoms. The lowest BCUT2D eigenvalue weighted by Gasteiger charge is -2.37. The van der Waals surface area contributed by atoms with E-state index >= 15 is 0 Å². The Labute approximate surface area is 92.8 Å². The molecule has 1 aliphatic rings. The molecule has 0 aromatic heterocycles. The van der Waals surface area contributed by atoms with Gasteiger partial charge in [0.15, 0.2) is 0 Å². The summed E-state index contributed by atoms with van der Waals surface area (Å²) in [5.74, 6) is -1.67. The van der Waals surface area contributed by atoms with Gasteiger partial charge in [0, 0.05) is 20.1 Å². The molecule has 0 radical (unpaired) electrons. The van der Waals surface area contributed by atoms with E-state index in [2.05, 4.69) is 10.6 Å². The van der Waals surface area contributed by atoms with Crippen molar-refractivity contribution in [3.8, 4) is 0 Å². The number of amides is 3. The zero-order valence-electron chi connectivity index (χ0n) is 9.19. The summed E-state index contributed by atoms with van der Waals surface area (Å²) in [6.45, 7) is 1.95. The summed E-state index contributed by atoms with van der Waals surface area (Å²) >= 11 is 0. The average Bonchev–Trinajstić information content (AvgIpc) is 2.13. The van der Waals surface area contributed by atoms with Gasteiger partial charge in [0.2, 0.25) is 5.91 Å². The minimum absolute atomic E-state index is 0.196. The van der Waals surface area contributed by atoms with Crippen molar-refractivity contribution in [2.24, 2.45) is 5.92 Å². The number of carbonyl (C=O) groups is 3. The van der Waals surface area contributed by atoms with Crippen LogP contribution >= 0.6 is 0 Å². The second-order valence-corrected chi connectivity index (χ2v) is 3.73. The first kappa shape index (κ1) is 12.3. The summed E-state index contributed by atoms with van der Waals surface area (Å²) in [6, 6.07) is -1.03. The second kappa shape index (κ2) is 4.82. The van der Waals surface area contributed by atoms with Gasteiger partial charge in [-0.15, -0.1) is 0 Å². The molecule has 0 aromatic rings. The molecule has 0 bridgehead atoms. The van der Waals surface area contributed by atoms with Crippen LogP contribution in [0.15, 0.2) is 0 Å². The van der Waals surface area contributed by atoms with Crippen LogP contribution in [0.2, 0.25) is 0 Å². The molecule has 1 atom stereocenters. The van der Waals surface area contributed by atoms with E-state index in [-0.39, 0.29) is 19.0 Å². The highest BCUT2D eigenvalue weighted by molar-refractivity contribution is 5.87. The number of carbonyl (C=O) groups excluding carboxylic acids is 2. The highest BCUT2D eigenvalue weighted by Crippen LogP contribution is 2.15. The molecule has 1 heterocycles. The van der Waals surface area contributed by atoms with Crippen LogP contribution < -0.4 is 10.6 Å². The fourth-order valence-electron chi connectivity index (χ4n) is 1.36. The molecule has 1 fully saturated rings. The van der Waals surface area contributed by atoms with Crippen molar-refractivity contribution in [3.05, 3.63) is 0 Å². The van der Waals surface area contributed by atoms with E-state index in [0.29, 0.717) is 0 Å². The van der Waals surface area contributed by atoms with Gasteiger partial charge in [-0.3, -0.25) is 9.59 Å². The number of likely N-dealkylation sites (N-methyl/N-ethyl adjacent to an activating group) is 1. The third-order valence-electron chi connectivity index (χ3n) is 2.50. The molecule has 0 aliphatic carbocycles. The highest BCUT2D eigenvalue weighted by Gasteiger charge is 2.36. The second-order valence-electron chi connectivity index (χ2n) is 3.73. The number of carboxylic acids is 1. The standard InChI is InChI=1S/C9H15N3O4/c1-5(7(13)10-2)11-9(16)12-3-6(4-12)8(14)15/h5-6H,3-4H2,1-2H3,(H,10,13)(H,11,16)(H,14,15). The van der Waals surface area contributed by atoms with Gasteiger partial charge in [-0.1, -0.05) is 0 Å². The normalized spacial score (nSPS) is 17.2. The van der Waals surface area contributed by atoms with E-state index in [0.717, 1.165) is 0 Å². The Hall–Kier alpha value is -1.79. The first-order valence-electron chi connectivity index (χ1n) is 4.95. The van der Waals surface area contributed by atoms with Crippen molar-refractivity contribution in [1.82, 2.24) is 15.5 Å². The van der Waals surface area contributed by atoms with Gasteiger partial charge < -0.3 is 20.6 Å². The number of hydrogen-bond acceptors (Lipinski definition) is 3. The van der Waals surface area contributed by atoms with Gasteiger partial charge in [-0.25, -0.2) is 4.79 Å². The lowest BCUT2D eigenvalue weighted by atomic mass is 10.0. The van der Waals surface area contributed by atoms with Crippen molar-refractivity contribution in [2.75, 3.05) is 20.1 Å². The first-order chi connectivity index (χ1) is 7.45. The number of nitrogens with one attached hydrogen (secondary N) is 2. The molecule has 1 saturated heterocycles. The van der Waals surface area contributed by atoms with Crippen LogP contribution in [0.1, 0.15) is 6.92 Å². The summed E-state index contributed by atoms with van der Waals surface area (Å²) in [4.78, 5) is 34.4. The zero-order valence-corrected chi connectivity index (χ0v) is 9.19. The SMILES string of the molecule is CNC(=O)C(C)NC(=O)N1CC(C(=O)O)C1. The molecule has 16 heavy (non-hydrogen) atoms. The van der Waals surface area contributed by atoms with Gasteiger partial charge in [0.25, 0.3) is 0 Å². The maximum atomic E-state index is 11.5. The van der Waals surface area contributed by atoms with E-state index in [1.54, 1.807) is 6.92 Å². The van der Waals surface area contributed by atoms with Crippen molar-refractivity contribution in [1.29, 1.82) is 0 Å². The minimum Gasteiger partial charge on any atom is -0.481 e. The van der Waals surface area contributed by atoms with Crippen molar-refractivity contribution in [2.45, 2.75) is 13.0 Å². The van der Waals surface area contributed by atoms with Crippen molar-refractivity contribution >= 4 is 17.9 Å². The van der Waals surface area contributed by atoms with Crippen LogP contribution in [-0.2, 0) is 9.59 Å². The van der Waals surface area contributed by atoms with E-state index in [9.17, 15) is 14.4 Å². The van der Waals surface area contributed by atoms with Crippen LogP contribution in [0.3, 0.4) is 0 Å². The fraction of sp³-hybridized carbons (Fsp3) is 0.667. The first-order valence-corrected chi connectivity index (χ1v) is 4.95. The molecular formula is C9H15N3O4. The van der Waals surface area contributed by atoms with Crippen LogP contribution in [-0.4, -0.2) is 54.1 Å². The summed E-state index contributed by atoms with van der Waals surface area (Å²) in [7, 11) is 1.48. The number of aliphatic carboxylic acids is 1. The van der Waals surface area contributed by atoms with E-state index < -0.39 is 24.0 Å².